The maximum absolute atomic E-state index is 5.73. The van der Waals surface area contributed by atoms with Crippen LogP contribution in [0.2, 0.25) is 5.02 Å². The van der Waals surface area contributed by atoms with Crippen LogP contribution in [0.5, 0.6) is 0 Å². The quantitative estimate of drug-likeness (QED) is 0.752. The highest BCUT2D eigenvalue weighted by Crippen LogP contribution is 2.22. The van der Waals surface area contributed by atoms with Crippen molar-refractivity contribution in [2.45, 2.75) is 13.3 Å². The lowest BCUT2D eigenvalue weighted by Crippen LogP contribution is -2.06. The molecule has 12 heavy (non-hydrogen) atoms. The molecule has 1 rings (SSSR count). The fraction of sp³-hybridized carbons (Fsp3) is 0.429. The van der Waals surface area contributed by atoms with E-state index in [0.717, 1.165) is 13.0 Å². The molecule has 1 aromatic rings. The molecule has 3 N–H and O–H groups in total. The zero-order chi connectivity index (χ0) is 8.97. The summed E-state index contributed by atoms with van der Waals surface area (Å²) < 4.78 is 0. The molecule has 0 unspecified atom stereocenters. The fourth-order valence-electron chi connectivity index (χ4n) is 0.748. The molecule has 4 nitrogen and oxygen atoms in total. The normalized spacial score (nSPS) is 9.83. The summed E-state index contributed by atoms with van der Waals surface area (Å²) in [5.74, 6) is 0.560. The minimum atomic E-state index is 0.434. The molecule has 0 saturated carbocycles. The Morgan fingerprint density at radius 2 is 2.42 bits per heavy atom. The van der Waals surface area contributed by atoms with Crippen LogP contribution in [0.1, 0.15) is 13.3 Å². The number of hydrogen-bond acceptors (Lipinski definition) is 4. The van der Waals surface area contributed by atoms with Gasteiger partial charge in [0.15, 0.2) is 5.82 Å². The molecule has 0 aliphatic heterocycles. The van der Waals surface area contributed by atoms with Crippen molar-refractivity contribution in [3.8, 4) is 0 Å². The van der Waals surface area contributed by atoms with Crippen molar-refractivity contribution in [1.29, 1.82) is 0 Å². The highest BCUT2D eigenvalue weighted by Gasteiger charge is 2.03. The van der Waals surface area contributed by atoms with Crippen LogP contribution in [-0.2, 0) is 0 Å². The van der Waals surface area contributed by atoms with E-state index in [1.54, 1.807) is 0 Å². The lowest BCUT2D eigenvalue weighted by atomic mass is 10.4. The van der Waals surface area contributed by atoms with Crippen LogP contribution in [0, 0.1) is 0 Å². The maximum atomic E-state index is 5.73. The molecule has 0 aliphatic carbocycles. The number of anilines is 2. The SMILES string of the molecule is CCCNc1nncc(Cl)c1N. The first-order chi connectivity index (χ1) is 5.75. The average Bonchev–Trinajstić information content (AvgIpc) is 2.08. The highest BCUT2D eigenvalue weighted by atomic mass is 35.5. The van der Waals surface area contributed by atoms with E-state index in [-0.39, 0.29) is 0 Å². The molecule has 0 spiro atoms. The second kappa shape index (κ2) is 4.11. The summed E-state index contributed by atoms with van der Waals surface area (Å²) in [6.07, 6.45) is 2.43. The second-order valence-electron chi connectivity index (χ2n) is 2.38. The molecule has 1 heterocycles. The van der Waals surface area contributed by atoms with Crippen molar-refractivity contribution >= 4 is 23.1 Å². The third-order valence-corrected chi connectivity index (χ3v) is 1.68. The van der Waals surface area contributed by atoms with Gasteiger partial charge in [-0.25, -0.2) is 0 Å². The van der Waals surface area contributed by atoms with E-state index in [1.807, 2.05) is 0 Å². The molecule has 0 aromatic carbocycles. The maximum Gasteiger partial charge on any atom is 0.173 e. The number of nitrogens with one attached hydrogen (secondary N) is 1. The predicted molar refractivity (Wildman–Crippen MR) is 50.2 cm³/mol. The van der Waals surface area contributed by atoms with E-state index in [9.17, 15) is 0 Å². The van der Waals surface area contributed by atoms with Crippen molar-refractivity contribution in [3.05, 3.63) is 11.2 Å². The molecule has 0 radical (unpaired) electrons. The van der Waals surface area contributed by atoms with E-state index in [4.69, 9.17) is 17.3 Å². The third-order valence-electron chi connectivity index (χ3n) is 1.38. The highest BCUT2D eigenvalue weighted by molar-refractivity contribution is 6.33. The molecule has 0 fully saturated rings. The first-order valence-electron chi connectivity index (χ1n) is 3.76. The molecular formula is C7H11ClN4. The van der Waals surface area contributed by atoms with Crippen LogP contribution < -0.4 is 11.1 Å². The summed E-state index contributed by atoms with van der Waals surface area (Å²) >= 11 is 5.73. The molecule has 0 atom stereocenters. The van der Waals surface area contributed by atoms with Crippen LogP contribution in [0.3, 0.4) is 0 Å². The first-order valence-corrected chi connectivity index (χ1v) is 4.14. The van der Waals surface area contributed by atoms with Gasteiger partial charge in [0.05, 0.1) is 16.9 Å². The van der Waals surface area contributed by atoms with Gasteiger partial charge >= 0.3 is 0 Å². The lowest BCUT2D eigenvalue weighted by molar-refractivity contribution is 0.945. The monoisotopic (exact) mass is 186 g/mol. The molecule has 0 aliphatic rings. The van der Waals surface area contributed by atoms with Gasteiger partial charge in [0.2, 0.25) is 0 Å². The van der Waals surface area contributed by atoms with Crippen LogP contribution >= 0.6 is 11.6 Å². The largest absolute Gasteiger partial charge is 0.394 e. The minimum absolute atomic E-state index is 0.434. The fourth-order valence-corrected chi connectivity index (χ4v) is 0.881. The van der Waals surface area contributed by atoms with Gasteiger partial charge in [0.25, 0.3) is 0 Å². The van der Waals surface area contributed by atoms with Crippen molar-refractivity contribution < 1.29 is 0 Å². The third kappa shape index (κ3) is 1.98. The number of halogens is 1. The Balaban J connectivity index is 2.78. The Hall–Kier alpha value is -1.03. The zero-order valence-corrected chi connectivity index (χ0v) is 7.60. The Bertz CT molecular complexity index is 264. The van der Waals surface area contributed by atoms with Crippen LogP contribution in [0.15, 0.2) is 6.20 Å². The van der Waals surface area contributed by atoms with Gasteiger partial charge in [-0.1, -0.05) is 18.5 Å². The number of hydrogen-bond donors (Lipinski definition) is 2. The van der Waals surface area contributed by atoms with Crippen LogP contribution in [0.25, 0.3) is 0 Å². The topological polar surface area (TPSA) is 63.8 Å². The Morgan fingerprint density at radius 1 is 1.67 bits per heavy atom. The summed E-state index contributed by atoms with van der Waals surface area (Å²) in [5, 5.41) is 10.9. The molecule has 0 bridgehead atoms. The van der Waals surface area contributed by atoms with E-state index < -0.39 is 0 Å². The van der Waals surface area contributed by atoms with Gasteiger partial charge in [-0.3, -0.25) is 0 Å². The molecule has 5 heteroatoms. The van der Waals surface area contributed by atoms with Crippen molar-refractivity contribution in [2.24, 2.45) is 0 Å². The van der Waals surface area contributed by atoms with Gasteiger partial charge < -0.3 is 11.1 Å². The second-order valence-corrected chi connectivity index (χ2v) is 2.79. The van der Waals surface area contributed by atoms with Crippen molar-refractivity contribution in [1.82, 2.24) is 10.2 Å². The number of rotatable bonds is 3. The van der Waals surface area contributed by atoms with Crippen molar-refractivity contribution in [2.75, 3.05) is 17.6 Å². The lowest BCUT2D eigenvalue weighted by Gasteiger charge is -2.05. The summed E-state index contributed by atoms with van der Waals surface area (Å²) in [5.41, 5.74) is 6.08. The van der Waals surface area contributed by atoms with E-state index >= 15 is 0 Å². The molecule has 0 saturated heterocycles. The number of aromatic nitrogens is 2. The molecule has 66 valence electrons. The van der Waals surface area contributed by atoms with E-state index in [0.29, 0.717) is 16.5 Å². The van der Waals surface area contributed by atoms with Crippen molar-refractivity contribution in [3.63, 3.8) is 0 Å². The van der Waals surface area contributed by atoms with E-state index in [1.165, 1.54) is 6.20 Å². The van der Waals surface area contributed by atoms with Gasteiger partial charge in [-0.15, -0.1) is 5.10 Å². The number of nitrogens with two attached hydrogens (primary N) is 1. The van der Waals surface area contributed by atoms with Gasteiger partial charge in [-0.2, -0.15) is 5.10 Å². The van der Waals surface area contributed by atoms with Crippen LogP contribution in [0.4, 0.5) is 11.5 Å². The Kier molecular flexibility index (Phi) is 3.10. The predicted octanol–water partition coefficient (Wildman–Crippen LogP) is 1.53. The van der Waals surface area contributed by atoms with Gasteiger partial charge in [-0.05, 0) is 6.42 Å². The van der Waals surface area contributed by atoms with Crippen LogP contribution in [-0.4, -0.2) is 16.7 Å². The summed E-state index contributed by atoms with van der Waals surface area (Å²) in [4.78, 5) is 0. The molecular weight excluding hydrogens is 176 g/mol. The van der Waals surface area contributed by atoms with E-state index in [2.05, 4.69) is 22.4 Å². The van der Waals surface area contributed by atoms with Gasteiger partial charge in [0.1, 0.15) is 0 Å². The summed E-state index contributed by atoms with van der Waals surface area (Å²) in [7, 11) is 0. The first kappa shape index (κ1) is 9.06. The molecule has 0 amide bonds. The zero-order valence-electron chi connectivity index (χ0n) is 6.84. The number of nitrogens with zero attached hydrogens (tertiary/aromatic N) is 2. The smallest absolute Gasteiger partial charge is 0.173 e. The summed E-state index contributed by atoms with van der Waals surface area (Å²) in [6.45, 7) is 2.88. The average molecular weight is 187 g/mol. The summed E-state index contributed by atoms with van der Waals surface area (Å²) in [6, 6.07) is 0. The molecule has 1 aromatic heterocycles. The standard InChI is InChI=1S/C7H11ClN4/c1-2-3-10-7-6(9)5(8)4-11-12-7/h4H,2-3H2,1H3,(H2,9,11)(H,10,12). The Labute approximate surface area is 76.1 Å². The Morgan fingerprint density at radius 3 is 3.08 bits per heavy atom. The minimum Gasteiger partial charge on any atom is -0.394 e. The van der Waals surface area contributed by atoms with Gasteiger partial charge in [0, 0.05) is 6.54 Å². The number of nitrogen functional groups attached to an aromatic ring is 1.